The standard InChI is InChI=1S/C29H36Cl2N2O5S/c1-18(2)17-39(37,38)32-16-25(19-7-8-19)33-27(20-9-11-22(30)12-10-20)24(21-5-4-6-23(31)13-21)14-29(3,28(33)36)15-26(34)35/h4-6,9-13,18-19,24-25,27,32H,7-8,14-17H2,1-3H3,(H,34,35)/t24-,25-,27-,29-/m1/s1. The molecule has 2 N–H and O–H groups in total. The van der Waals surface area contributed by atoms with Gasteiger partial charge in [-0.05, 0) is 66.5 Å². The number of carboxylic acids is 1. The van der Waals surface area contributed by atoms with E-state index in [-0.39, 0.29) is 42.4 Å². The van der Waals surface area contributed by atoms with E-state index in [1.165, 1.54) is 0 Å². The molecule has 1 aliphatic heterocycles. The van der Waals surface area contributed by atoms with Crippen LogP contribution in [0.1, 0.15) is 69.5 Å². The summed E-state index contributed by atoms with van der Waals surface area (Å²) in [5, 5.41) is 10.9. The highest BCUT2D eigenvalue weighted by atomic mass is 35.5. The van der Waals surface area contributed by atoms with Gasteiger partial charge in [0.05, 0.1) is 23.6 Å². The van der Waals surface area contributed by atoms with Crippen LogP contribution in [0.3, 0.4) is 0 Å². The van der Waals surface area contributed by atoms with Crippen LogP contribution < -0.4 is 4.72 Å². The number of carbonyl (C=O) groups is 2. The molecule has 0 aromatic heterocycles. The highest BCUT2D eigenvalue weighted by molar-refractivity contribution is 7.89. The Bertz CT molecular complexity index is 1310. The molecule has 2 aromatic carbocycles. The molecule has 1 aliphatic carbocycles. The number of likely N-dealkylation sites (tertiary alicyclic amines) is 1. The fraction of sp³-hybridized carbons (Fsp3) is 0.517. The van der Waals surface area contributed by atoms with E-state index < -0.39 is 33.5 Å². The van der Waals surface area contributed by atoms with E-state index in [4.69, 9.17) is 23.2 Å². The molecule has 2 aromatic rings. The summed E-state index contributed by atoms with van der Waals surface area (Å²) in [4.78, 5) is 28.2. The summed E-state index contributed by atoms with van der Waals surface area (Å²) in [6.45, 7) is 5.46. The van der Waals surface area contributed by atoms with Crippen LogP contribution in [0, 0.1) is 17.3 Å². The first-order valence-corrected chi connectivity index (χ1v) is 15.7. The van der Waals surface area contributed by atoms with Crippen molar-refractivity contribution in [3.63, 3.8) is 0 Å². The molecule has 10 heteroatoms. The first-order valence-electron chi connectivity index (χ1n) is 13.3. The Morgan fingerprint density at radius 1 is 1.10 bits per heavy atom. The number of amides is 1. The maximum atomic E-state index is 14.4. The van der Waals surface area contributed by atoms with Crippen molar-refractivity contribution in [2.24, 2.45) is 17.3 Å². The molecule has 0 bridgehead atoms. The van der Waals surface area contributed by atoms with Gasteiger partial charge in [-0.3, -0.25) is 9.59 Å². The lowest BCUT2D eigenvalue weighted by molar-refractivity contribution is -0.161. The number of nitrogens with one attached hydrogen (secondary N) is 1. The van der Waals surface area contributed by atoms with Crippen LogP contribution in [0.25, 0.3) is 0 Å². The molecule has 39 heavy (non-hydrogen) atoms. The Morgan fingerprint density at radius 3 is 2.33 bits per heavy atom. The topological polar surface area (TPSA) is 104 Å². The summed E-state index contributed by atoms with van der Waals surface area (Å²) < 4.78 is 28.4. The summed E-state index contributed by atoms with van der Waals surface area (Å²) in [7, 11) is -3.56. The van der Waals surface area contributed by atoms with E-state index in [1.54, 1.807) is 30.0 Å². The van der Waals surface area contributed by atoms with Crippen LogP contribution in [0.2, 0.25) is 10.0 Å². The summed E-state index contributed by atoms with van der Waals surface area (Å²) in [5.74, 6) is -1.56. The minimum absolute atomic E-state index is 0.0131. The number of aliphatic carboxylic acids is 1. The van der Waals surface area contributed by atoms with Crippen molar-refractivity contribution in [1.29, 1.82) is 0 Å². The molecule has 0 spiro atoms. The van der Waals surface area contributed by atoms with Gasteiger partial charge in [0.15, 0.2) is 0 Å². The Kier molecular flexibility index (Phi) is 9.01. The number of nitrogens with zero attached hydrogens (tertiary/aromatic N) is 1. The average Bonchev–Trinajstić information content (AvgIpc) is 3.66. The van der Waals surface area contributed by atoms with Crippen LogP contribution >= 0.6 is 23.2 Å². The quantitative estimate of drug-likeness (QED) is 0.338. The van der Waals surface area contributed by atoms with Crippen LogP contribution in [-0.2, 0) is 19.6 Å². The molecule has 1 heterocycles. The zero-order valence-electron chi connectivity index (χ0n) is 22.4. The van der Waals surface area contributed by atoms with Gasteiger partial charge in [0.25, 0.3) is 0 Å². The molecule has 2 fully saturated rings. The molecule has 0 unspecified atom stereocenters. The first-order chi connectivity index (χ1) is 18.3. The third-order valence-corrected chi connectivity index (χ3v) is 9.92. The van der Waals surface area contributed by atoms with E-state index in [0.717, 1.165) is 24.0 Å². The van der Waals surface area contributed by atoms with Gasteiger partial charge in [-0.15, -0.1) is 0 Å². The van der Waals surface area contributed by atoms with Crippen molar-refractivity contribution in [2.45, 2.75) is 64.5 Å². The molecule has 2 aliphatic rings. The maximum absolute atomic E-state index is 14.4. The highest BCUT2D eigenvalue weighted by Gasteiger charge is 2.54. The molecule has 212 valence electrons. The van der Waals surface area contributed by atoms with E-state index in [2.05, 4.69) is 4.72 Å². The molecule has 4 rings (SSSR count). The number of carboxylic acid groups (broad SMARTS) is 1. The van der Waals surface area contributed by atoms with Gasteiger partial charge in [0.1, 0.15) is 0 Å². The number of halogens is 2. The number of hydrogen-bond acceptors (Lipinski definition) is 4. The van der Waals surface area contributed by atoms with E-state index in [0.29, 0.717) is 16.5 Å². The van der Waals surface area contributed by atoms with E-state index >= 15 is 0 Å². The van der Waals surface area contributed by atoms with Crippen molar-refractivity contribution in [3.05, 3.63) is 69.7 Å². The SMILES string of the molecule is CC(C)CS(=O)(=O)NC[C@H](C1CC1)N1C(=O)[C@@](C)(CC(=O)O)C[C@H](c2cccc(Cl)c2)[C@H]1c1ccc(Cl)cc1. The van der Waals surface area contributed by atoms with E-state index in [1.807, 2.05) is 44.2 Å². The third kappa shape index (κ3) is 7.15. The van der Waals surface area contributed by atoms with Crippen molar-refractivity contribution in [2.75, 3.05) is 12.3 Å². The van der Waals surface area contributed by atoms with Crippen molar-refractivity contribution in [3.8, 4) is 0 Å². The Hall–Kier alpha value is -2.13. The summed E-state index contributed by atoms with van der Waals surface area (Å²) >= 11 is 12.6. The number of sulfonamides is 1. The summed E-state index contributed by atoms with van der Waals surface area (Å²) in [6.07, 6.45) is 1.71. The molecule has 1 saturated heterocycles. The average molecular weight is 596 g/mol. The zero-order valence-corrected chi connectivity index (χ0v) is 24.8. The summed E-state index contributed by atoms with van der Waals surface area (Å²) in [5.41, 5.74) is 0.559. The molecule has 4 atom stereocenters. The molecule has 7 nitrogen and oxygen atoms in total. The van der Waals surface area contributed by atoms with Crippen LogP contribution in [-0.4, -0.2) is 48.6 Å². The lowest BCUT2D eigenvalue weighted by Gasteiger charge is -2.52. The van der Waals surface area contributed by atoms with Crippen LogP contribution in [0.15, 0.2) is 48.5 Å². The largest absolute Gasteiger partial charge is 0.481 e. The smallest absolute Gasteiger partial charge is 0.304 e. The Labute approximate surface area is 240 Å². The molecule has 0 radical (unpaired) electrons. The van der Waals surface area contributed by atoms with Crippen molar-refractivity contribution in [1.82, 2.24) is 9.62 Å². The predicted molar refractivity (Wildman–Crippen MR) is 153 cm³/mol. The van der Waals surface area contributed by atoms with E-state index in [9.17, 15) is 23.1 Å². The normalized spacial score (nSPS) is 24.7. The Balaban J connectivity index is 1.85. The van der Waals surface area contributed by atoms with Gasteiger partial charge in [0, 0.05) is 28.5 Å². The number of carbonyl (C=O) groups excluding carboxylic acids is 1. The minimum atomic E-state index is -3.56. The maximum Gasteiger partial charge on any atom is 0.304 e. The number of rotatable bonds is 11. The van der Waals surface area contributed by atoms with Gasteiger partial charge in [0.2, 0.25) is 15.9 Å². The third-order valence-electron chi connectivity index (χ3n) is 7.72. The first kappa shape index (κ1) is 29.8. The molecular formula is C29H36Cl2N2O5S. The Morgan fingerprint density at radius 2 is 1.77 bits per heavy atom. The van der Waals surface area contributed by atoms with Gasteiger partial charge < -0.3 is 10.0 Å². The van der Waals surface area contributed by atoms with Crippen LogP contribution in [0.5, 0.6) is 0 Å². The molecular weight excluding hydrogens is 559 g/mol. The second-order valence-corrected chi connectivity index (χ2v) is 14.4. The fourth-order valence-corrected chi connectivity index (χ4v) is 7.67. The van der Waals surface area contributed by atoms with Crippen molar-refractivity contribution < 1.29 is 23.1 Å². The molecule has 1 amide bonds. The monoisotopic (exact) mass is 594 g/mol. The number of benzene rings is 2. The number of piperidine rings is 1. The number of hydrogen-bond donors (Lipinski definition) is 2. The highest BCUT2D eigenvalue weighted by Crippen LogP contribution is 2.54. The lowest BCUT2D eigenvalue weighted by Crippen LogP contribution is -2.59. The summed E-state index contributed by atoms with van der Waals surface area (Å²) in [6, 6.07) is 13.9. The predicted octanol–water partition coefficient (Wildman–Crippen LogP) is 5.89. The fourth-order valence-electron chi connectivity index (χ4n) is 5.93. The molecule has 1 saturated carbocycles. The van der Waals surface area contributed by atoms with Gasteiger partial charge in [-0.25, -0.2) is 13.1 Å². The second-order valence-electron chi connectivity index (χ2n) is 11.6. The minimum Gasteiger partial charge on any atom is -0.481 e. The lowest BCUT2D eigenvalue weighted by atomic mass is 9.67. The van der Waals surface area contributed by atoms with Crippen LogP contribution in [0.4, 0.5) is 0 Å². The van der Waals surface area contributed by atoms with Gasteiger partial charge in [-0.2, -0.15) is 0 Å². The van der Waals surface area contributed by atoms with Crippen molar-refractivity contribution >= 4 is 45.1 Å². The van der Waals surface area contributed by atoms with Gasteiger partial charge in [-0.1, -0.05) is 68.2 Å². The zero-order chi connectivity index (χ0) is 28.5. The second kappa shape index (κ2) is 11.8. The van der Waals surface area contributed by atoms with Gasteiger partial charge >= 0.3 is 5.97 Å².